The molecule has 1 aromatic rings. The average molecular weight is 174 g/mol. The summed E-state index contributed by atoms with van der Waals surface area (Å²) in [5, 5.41) is 0. The van der Waals surface area contributed by atoms with Gasteiger partial charge in [-0.3, -0.25) is 0 Å². The van der Waals surface area contributed by atoms with Gasteiger partial charge in [-0.15, -0.1) is 0 Å². The van der Waals surface area contributed by atoms with E-state index < -0.39 is 5.97 Å². The second-order valence-electron chi connectivity index (χ2n) is 2.83. The van der Waals surface area contributed by atoms with E-state index in [2.05, 4.69) is 4.74 Å². The Balaban J connectivity index is 3.03. The molecule has 0 saturated carbocycles. The predicted molar refractivity (Wildman–Crippen MR) is 50.2 cm³/mol. The largest absolute Gasteiger partial charge is 0.369 e. The second kappa shape index (κ2) is 3.77. The Morgan fingerprint density at radius 2 is 2.15 bits per heavy atom. The summed E-state index contributed by atoms with van der Waals surface area (Å²) in [6.07, 6.45) is 6.71. The third-order valence-corrected chi connectivity index (χ3v) is 1.75. The van der Waals surface area contributed by atoms with Crippen LogP contribution in [0.25, 0.3) is 0 Å². The number of benzene rings is 1. The van der Waals surface area contributed by atoms with Gasteiger partial charge in [0.15, 0.2) is 0 Å². The molecule has 66 valence electrons. The van der Waals surface area contributed by atoms with E-state index in [1.807, 2.05) is 32.1 Å². The summed E-state index contributed by atoms with van der Waals surface area (Å²) in [4.78, 5) is 11.2. The van der Waals surface area contributed by atoms with Crippen molar-refractivity contribution in [2.75, 3.05) is 0 Å². The van der Waals surface area contributed by atoms with Gasteiger partial charge < -0.3 is 4.74 Å². The molecule has 0 spiro atoms. The lowest BCUT2D eigenvalue weighted by Gasteiger charge is -2.02. The van der Waals surface area contributed by atoms with Crippen molar-refractivity contribution < 1.29 is 9.53 Å². The van der Waals surface area contributed by atoms with Crippen LogP contribution in [0.3, 0.4) is 0 Å². The molecule has 2 heteroatoms. The zero-order valence-electron chi connectivity index (χ0n) is 7.63. The summed E-state index contributed by atoms with van der Waals surface area (Å²) >= 11 is 0. The molecule has 0 atom stereocenters. The topological polar surface area (TPSA) is 26.3 Å². The molecule has 1 rings (SSSR count). The molecule has 13 heavy (non-hydrogen) atoms. The molecular weight excluding hydrogens is 164 g/mol. The van der Waals surface area contributed by atoms with Crippen molar-refractivity contribution in [1.82, 2.24) is 0 Å². The number of hydrogen-bond donors (Lipinski definition) is 0. The quantitative estimate of drug-likeness (QED) is 0.481. The highest BCUT2D eigenvalue weighted by Gasteiger charge is 2.08. The summed E-state index contributed by atoms with van der Waals surface area (Å²) in [5.74, 6) is -0.472. The van der Waals surface area contributed by atoms with E-state index in [1.54, 1.807) is 6.07 Å². The van der Waals surface area contributed by atoms with E-state index in [0.717, 1.165) is 11.1 Å². The lowest BCUT2D eigenvalue weighted by Crippen LogP contribution is -2.03. The van der Waals surface area contributed by atoms with Gasteiger partial charge in [0.25, 0.3) is 0 Å². The van der Waals surface area contributed by atoms with Gasteiger partial charge in [-0.25, -0.2) is 4.79 Å². The Kier molecular flexibility index (Phi) is 2.71. The van der Waals surface area contributed by atoms with Crippen molar-refractivity contribution in [2.24, 2.45) is 0 Å². The third kappa shape index (κ3) is 2.09. The molecule has 0 aromatic heterocycles. The molecule has 0 unspecified atom stereocenters. The minimum absolute atomic E-state index is 0.472. The Labute approximate surface area is 77.5 Å². The molecule has 0 heterocycles. The molecule has 0 aliphatic carbocycles. The van der Waals surface area contributed by atoms with E-state index in [-0.39, 0.29) is 0 Å². The van der Waals surface area contributed by atoms with Gasteiger partial charge in [0.05, 0.1) is 5.56 Å². The van der Waals surface area contributed by atoms with Crippen LogP contribution in [0.1, 0.15) is 21.5 Å². The van der Waals surface area contributed by atoms with Crippen LogP contribution in [0.4, 0.5) is 0 Å². The van der Waals surface area contributed by atoms with Crippen LogP contribution >= 0.6 is 0 Å². The maximum absolute atomic E-state index is 11.2. The monoisotopic (exact) mass is 174 g/mol. The molecule has 0 aliphatic heterocycles. The number of ether oxygens (including phenoxy) is 1. The fourth-order valence-corrected chi connectivity index (χ4v) is 1.15. The van der Waals surface area contributed by atoms with Crippen LogP contribution in [0.15, 0.2) is 18.2 Å². The van der Waals surface area contributed by atoms with Gasteiger partial charge in [0.2, 0.25) is 0 Å². The van der Waals surface area contributed by atoms with Crippen molar-refractivity contribution in [3.8, 4) is 12.5 Å². The molecule has 1 aromatic carbocycles. The van der Waals surface area contributed by atoms with Crippen LogP contribution in [-0.2, 0) is 4.74 Å². The van der Waals surface area contributed by atoms with Crippen LogP contribution in [-0.4, -0.2) is 5.97 Å². The molecule has 2 nitrogen and oxygen atoms in total. The zero-order chi connectivity index (χ0) is 9.84. The van der Waals surface area contributed by atoms with Crippen LogP contribution < -0.4 is 0 Å². The lowest BCUT2D eigenvalue weighted by molar-refractivity contribution is 0.0690. The number of esters is 1. The first-order valence-corrected chi connectivity index (χ1v) is 3.89. The maximum Gasteiger partial charge on any atom is 0.352 e. The van der Waals surface area contributed by atoms with E-state index in [1.165, 1.54) is 0 Å². The van der Waals surface area contributed by atoms with E-state index >= 15 is 0 Å². The molecule has 0 radical (unpaired) electrons. The van der Waals surface area contributed by atoms with Gasteiger partial charge >= 0.3 is 5.97 Å². The minimum atomic E-state index is -0.472. The summed E-state index contributed by atoms with van der Waals surface area (Å²) in [6.45, 7) is 3.81. The van der Waals surface area contributed by atoms with E-state index in [0.29, 0.717) is 5.56 Å². The number of aryl methyl sites for hydroxylation is 2. The maximum atomic E-state index is 11.2. The Bertz CT molecular complexity index is 372. The van der Waals surface area contributed by atoms with Crippen molar-refractivity contribution in [2.45, 2.75) is 13.8 Å². The molecular formula is C11H10O2. The summed E-state index contributed by atoms with van der Waals surface area (Å²) < 4.78 is 4.44. The number of carbonyl (C=O) groups excluding carboxylic acids is 1. The normalized spacial score (nSPS) is 9.00. The number of terminal acetylenes is 1. The van der Waals surface area contributed by atoms with E-state index in [9.17, 15) is 4.79 Å². The first-order chi connectivity index (χ1) is 6.15. The SMILES string of the molecule is C#COC(=O)c1ccc(C)cc1C. The van der Waals surface area contributed by atoms with Gasteiger partial charge in [-0.05, 0) is 25.5 Å². The van der Waals surface area contributed by atoms with Crippen molar-refractivity contribution >= 4 is 5.97 Å². The second-order valence-corrected chi connectivity index (χ2v) is 2.83. The molecule has 0 fully saturated rings. The van der Waals surface area contributed by atoms with Crippen LogP contribution in [0, 0.1) is 26.4 Å². The van der Waals surface area contributed by atoms with Crippen molar-refractivity contribution in [3.63, 3.8) is 0 Å². The highest BCUT2D eigenvalue weighted by Crippen LogP contribution is 2.11. The standard InChI is InChI=1S/C11H10O2/c1-4-13-11(12)10-6-5-8(2)7-9(10)3/h1,5-7H,2-3H3. The Morgan fingerprint density at radius 1 is 1.46 bits per heavy atom. The molecule has 0 N–H and O–H groups in total. The molecule has 0 amide bonds. The first-order valence-electron chi connectivity index (χ1n) is 3.89. The smallest absolute Gasteiger partial charge is 0.352 e. The first kappa shape index (κ1) is 9.34. The van der Waals surface area contributed by atoms with Crippen LogP contribution in [0.2, 0.25) is 0 Å². The minimum Gasteiger partial charge on any atom is -0.369 e. The third-order valence-electron chi connectivity index (χ3n) is 1.75. The van der Waals surface area contributed by atoms with Gasteiger partial charge in [-0.1, -0.05) is 24.1 Å². The fraction of sp³-hybridized carbons (Fsp3) is 0.182. The summed E-state index contributed by atoms with van der Waals surface area (Å²) in [7, 11) is 0. The van der Waals surface area contributed by atoms with Crippen molar-refractivity contribution in [3.05, 3.63) is 34.9 Å². The van der Waals surface area contributed by atoms with Gasteiger partial charge in [0.1, 0.15) is 6.11 Å². The number of carbonyl (C=O) groups is 1. The molecule has 0 saturated heterocycles. The summed E-state index contributed by atoms with van der Waals surface area (Å²) in [5.41, 5.74) is 2.50. The molecule has 0 aliphatic rings. The Morgan fingerprint density at radius 3 is 2.69 bits per heavy atom. The Hall–Kier alpha value is -1.75. The van der Waals surface area contributed by atoms with E-state index in [4.69, 9.17) is 6.42 Å². The van der Waals surface area contributed by atoms with Gasteiger partial charge in [0, 0.05) is 0 Å². The van der Waals surface area contributed by atoms with Gasteiger partial charge in [-0.2, -0.15) is 0 Å². The van der Waals surface area contributed by atoms with Crippen molar-refractivity contribution in [1.29, 1.82) is 0 Å². The fourth-order valence-electron chi connectivity index (χ4n) is 1.15. The predicted octanol–water partition coefficient (Wildman–Crippen LogP) is 2.05. The molecule has 0 bridgehead atoms. The highest BCUT2D eigenvalue weighted by molar-refractivity contribution is 5.91. The van der Waals surface area contributed by atoms with Crippen LogP contribution in [0.5, 0.6) is 0 Å². The lowest BCUT2D eigenvalue weighted by atomic mass is 10.1. The highest BCUT2D eigenvalue weighted by atomic mass is 16.5. The number of hydrogen-bond acceptors (Lipinski definition) is 2. The number of rotatable bonds is 1. The zero-order valence-corrected chi connectivity index (χ0v) is 7.63. The average Bonchev–Trinajstić information content (AvgIpc) is 2.04. The summed E-state index contributed by atoms with van der Waals surface area (Å²) in [6, 6.07) is 5.47.